The highest BCUT2D eigenvalue weighted by Gasteiger charge is 1.98. The van der Waals surface area contributed by atoms with Crippen molar-refractivity contribution in [2.75, 3.05) is 19.0 Å². The van der Waals surface area contributed by atoms with Gasteiger partial charge in [0.2, 0.25) is 0 Å². The molecule has 0 N–H and O–H groups in total. The van der Waals surface area contributed by atoms with Crippen molar-refractivity contribution < 1.29 is 0 Å². The molecule has 2 nitrogen and oxygen atoms in total. The summed E-state index contributed by atoms with van der Waals surface area (Å²) in [5.74, 6) is 1.02. The maximum Gasteiger partial charge on any atom is 0.128 e. The van der Waals surface area contributed by atoms with Crippen molar-refractivity contribution in [3.63, 3.8) is 0 Å². The highest BCUT2D eigenvalue weighted by molar-refractivity contribution is 14.1. The van der Waals surface area contributed by atoms with Crippen molar-refractivity contribution in [2.45, 2.75) is 6.92 Å². The Balaban J connectivity index is 3.05. The summed E-state index contributed by atoms with van der Waals surface area (Å²) in [5, 5.41) is 0. The number of aryl methyl sites for hydroxylation is 1. The molecule has 0 bridgehead atoms. The first-order chi connectivity index (χ1) is 5.11. The summed E-state index contributed by atoms with van der Waals surface area (Å²) in [6, 6.07) is 4.10. The molecule has 0 fully saturated rings. The molecule has 0 radical (unpaired) electrons. The van der Waals surface area contributed by atoms with Crippen molar-refractivity contribution in [1.82, 2.24) is 4.98 Å². The van der Waals surface area contributed by atoms with Gasteiger partial charge >= 0.3 is 0 Å². The number of anilines is 1. The van der Waals surface area contributed by atoms with E-state index in [-0.39, 0.29) is 0 Å². The summed E-state index contributed by atoms with van der Waals surface area (Å²) < 4.78 is 1.22. The zero-order valence-electron chi connectivity index (χ0n) is 6.93. The lowest BCUT2D eigenvalue weighted by molar-refractivity contribution is 1.04. The average Bonchev–Trinajstić information content (AvgIpc) is 1.94. The molecule has 11 heavy (non-hydrogen) atoms. The van der Waals surface area contributed by atoms with Gasteiger partial charge in [0, 0.05) is 17.7 Å². The van der Waals surface area contributed by atoms with Crippen LogP contribution in [0.3, 0.4) is 0 Å². The van der Waals surface area contributed by atoms with Crippen LogP contribution in [-0.4, -0.2) is 19.1 Å². The van der Waals surface area contributed by atoms with E-state index >= 15 is 0 Å². The summed E-state index contributed by atoms with van der Waals surface area (Å²) in [6.07, 6.45) is 0. The van der Waals surface area contributed by atoms with Gasteiger partial charge in [-0.3, -0.25) is 0 Å². The molecule has 60 valence electrons. The first kappa shape index (κ1) is 8.77. The van der Waals surface area contributed by atoms with E-state index in [4.69, 9.17) is 0 Å². The van der Waals surface area contributed by atoms with Gasteiger partial charge in [-0.05, 0) is 41.6 Å². The Morgan fingerprint density at radius 2 is 2.00 bits per heavy atom. The Hall–Kier alpha value is -0.320. The quantitative estimate of drug-likeness (QED) is 0.720. The molecule has 1 rings (SSSR count). The fourth-order valence-electron chi connectivity index (χ4n) is 0.780. The summed E-state index contributed by atoms with van der Waals surface area (Å²) in [4.78, 5) is 6.39. The SMILES string of the molecule is Cc1nc(N(C)C)ccc1I. The molecule has 3 heteroatoms. The van der Waals surface area contributed by atoms with Crippen LogP contribution in [0, 0.1) is 10.5 Å². The molecule has 0 spiro atoms. The molecule has 1 aromatic rings. The second-order valence-electron chi connectivity index (χ2n) is 2.63. The first-order valence-electron chi connectivity index (χ1n) is 3.41. The molecule has 0 aliphatic heterocycles. The van der Waals surface area contributed by atoms with Crippen LogP contribution in [0.5, 0.6) is 0 Å². The number of aromatic nitrogens is 1. The van der Waals surface area contributed by atoms with Crippen LogP contribution < -0.4 is 4.90 Å². The van der Waals surface area contributed by atoms with Gasteiger partial charge in [-0.25, -0.2) is 4.98 Å². The Labute approximate surface area is 80.8 Å². The van der Waals surface area contributed by atoms with Crippen molar-refractivity contribution in [1.29, 1.82) is 0 Å². The number of halogens is 1. The Morgan fingerprint density at radius 3 is 2.45 bits per heavy atom. The van der Waals surface area contributed by atoms with Crippen LogP contribution >= 0.6 is 22.6 Å². The standard InChI is InChI=1S/C8H11IN2/c1-6-7(9)4-5-8(10-6)11(2)3/h4-5H,1-3H3. The van der Waals surface area contributed by atoms with E-state index in [2.05, 4.69) is 33.6 Å². The van der Waals surface area contributed by atoms with Crippen LogP contribution in [-0.2, 0) is 0 Å². The van der Waals surface area contributed by atoms with Gasteiger partial charge in [0.25, 0.3) is 0 Å². The van der Waals surface area contributed by atoms with Crippen molar-refractivity contribution in [2.24, 2.45) is 0 Å². The molecule has 1 heterocycles. The van der Waals surface area contributed by atoms with Crippen molar-refractivity contribution in [3.8, 4) is 0 Å². The highest BCUT2D eigenvalue weighted by Crippen LogP contribution is 2.13. The minimum absolute atomic E-state index is 1.02. The van der Waals surface area contributed by atoms with E-state index in [0.29, 0.717) is 0 Å². The van der Waals surface area contributed by atoms with Gasteiger partial charge in [0.1, 0.15) is 5.82 Å². The minimum Gasteiger partial charge on any atom is -0.363 e. The van der Waals surface area contributed by atoms with Crippen molar-refractivity contribution in [3.05, 3.63) is 21.4 Å². The van der Waals surface area contributed by atoms with Crippen LogP contribution in [0.15, 0.2) is 12.1 Å². The first-order valence-corrected chi connectivity index (χ1v) is 4.49. The third-order valence-corrected chi connectivity index (χ3v) is 2.60. The normalized spacial score (nSPS) is 9.82. The lowest BCUT2D eigenvalue weighted by Gasteiger charge is -2.11. The lowest BCUT2D eigenvalue weighted by atomic mass is 10.4. The van der Waals surface area contributed by atoms with Crippen LogP contribution in [0.1, 0.15) is 5.69 Å². The summed E-state index contributed by atoms with van der Waals surface area (Å²) >= 11 is 2.28. The second-order valence-corrected chi connectivity index (χ2v) is 3.79. The molecule has 0 atom stereocenters. The van der Waals surface area contributed by atoms with Gasteiger partial charge in [-0.2, -0.15) is 0 Å². The molecule has 0 amide bonds. The fourth-order valence-corrected chi connectivity index (χ4v) is 1.08. The fraction of sp³-hybridized carbons (Fsp3) is 0.375. The average molecular weight is 262 g/mol. The molecule has 0 aliphatic carbocycles. The zero-order chi connectivity index (χ0) is 8.43. The van der Waals surface area contributed by atoms with Crippen molar-refractivity contribution >= 4 is 28.4 Å². The zero-order valence-corrected chi connectivity index (χ0v) is 9.08. The highest BCUT2D eigenvalue weighted by atomic mass is 127. The lowest BCUT2D eigenvalue weighted by Crippen LogP contribution is -2.11. The van der Waals surface area contributed by atoms with E-state index in [0.717, 1.165) is 11.5 Å². The number of pyridine rings is 1. The summed E-state index contributed by atoms with van der Waals surface area (Å²) in [5.41, 5.74) is 1.09. The van der Waals surface area contributed by atoms with E-state index in [1.54, 1.807) is 0 Å². The predicted molar refractivity (Wildman–Crippen MR) is 56.0 cm³/mol. The van der Waals surface area contributed by atoms with Gasteiger partial charge in [-0.1, -0.05) is 0 Å². The number of rotatable bonds is 1. The second kappa shape index (κ2) is 3.38. The number of nitrogens with zero attached hydrogens (tertiary/aromatic N) is 2. The summed E-state index contributed by atoms with van der Waals surface area (Å²) in [7, 11) is 3.99. The summed E-state index contributed by atoms with van der Waals surface area (Å²) in [6.45, 7) is 2.02. The molecule has 0 aromatic carbocycles. The Kier molecular flexibility index (Phi) is 2.70. The number of hydrogen-bond acceptors (Lipinski definition) is 2. The topological polar surface area (TPSA) is 16.1 Å². The maximum absolute atomic E-state index is 4.39. The van der Waals surface area contributed by atoms with E-state index in [1.807, 2.05) is 32.0 Å². The monoisotopic (exact) mass is 262 g/mol. The van der Waals surface area contributed by atoms with Gasteiger partial charge in [0.15, 0.2) is 0 Å². The Bertz CT molecular complexity index is 258. The molecular formula is C8H11IN2. The third kappa shape index (κ3) is 2.05. The van der Waals surface area contributed by atoms with E-state index < -0.39 is 0 Å². The van der Waals surface area contributed by atoms with Gasteiger partial charge in [0.05, 0.1) is 5.69 Å². The molecule has 0 saturated heterocycles. The third-order valence-electron chi connectivity index (χ3n) is 1.46. The molecule has 1 aromatic heterocycles. The largest absolute Gasteiger partial charge is 0.363 e. The van der Waals surface area contributed by atoms with E-state index in [1.165, 1.54) is 3.57 Å². The van der Waals surface area contributed by atoms with Crippen LogP contribution in [0.2, 0.25) is 0 Å². The smallest absolute Gasteiger partial charge is 0.128 e. The minimum atomic E-state index is 1.02. The Morgan fingerprint density at radius 1 is 1.36 bits per heavy atom. The molecule has 0 saturated carbocycles. The molecule has 0 unspecified atom stereocenters. The van der Waals surface area contributed by atoms with Crippen LogP contribution in [0.25, 0.3) is 0 Å². The predicted octanol–water partition coefficient (Wildman–Crippen LogP) is 2.06. The number of hydrogen-bond donors (Lipinski definition) is 0. The van der Waals surface area contributed by atoms with Gasteiger partial charge < -0.3 is 4.90 Å². The molecule has 0 aliphatic rings. The van der Waals surface area contributed by atoms with E-state index in [9.17, 15) is 0 Å². The van der Waals surface area contributed by atoms with Gasteiger partial charge in [-0.15, -0.1) is 0 Å². The van der Waals surface area contributed by atoms with Crippen LogP contribution in [0.4, 0.5) is 5.82 Å². The maximum atomic E-state index is 4.39. The molecular weight excluding hydrogens is 251 g/mol.